The van der Waals surface area contributed by atoms with Crippen LogP contribution in [0.2, 0.25) is 0 Å². The summed E-state index contributed by atoms with van der Waals surface area (Å²) in [4.78, 5) is 19.5. The molecule has 0 aromatic rings. The summed E-state index contributed by atoms with van der Waals surface area (Å²) in [6.07, 6.45) is -3.92. The average molecular weight is 551 g/mol. The second-order valence-electron chi connectivity index (χ2n) is 8.67. The molecule has 0 aromatic heterocycles. The van der Waals surface area contributed by atoms with Crippen LogP contribution in [-0.2, 0) is 4.74 Å². The summed E-state index contributed by atoms with van der Waals surface area (Å²) >= 11 is 0. The quantitative estimate of drug-likeness (QED) is 0.289. The smallest absolute Gasteiger partial charge is 0.410 e. The molecule has 1 aliphatic heterocycles. The van der Waals surface area contributed by atoms with Crippen LogP contribution in [0.25, 0.3) is 0 Å². The molecule has 1 rings (SSSR count). The van der Waals surface area contributed by atoms with E-state index >= 15 is 0 Å². The van der Waals surface area contributed by atoms with Crippen molar-refractivity contribution in [2.45, 2.75) is 58.9 Å². The van der Waals surface area contributed by atoms with E-state index in [1.54, 1.807) is 7.05 Å². The minimum Gasteiger partial charge on any atom is -0.444 e. The van der Waals surface area contributed by atoms with E-state index in [9.17, 15) is 18.0 Å². The van der Waals surface area contributed by atoms with Gasteiger partial charge in [-0.25, -0.2) is 4.79 Å². The summed E-state index contributed by atoms with van der Waals surface area (Å²) < 4.78 is 43.0. The molecule has 7 nitrogen and oxygen atoms in total. The Hall–Kier alpha value is -0.980. The molecule has 0 saturated carbocycles. The van der Waals surface area contributed by atoms with E-state index in [0.29, 0.717) is 45.1 Å². The van der Waals surface area contributed by atoms with Gasteiger partial charge in [0.05, 0.1) is 6.54 Å². The number of halogens is 4. The van der Waals surface area contributed by atoms with E-state index in [1.807, 2.05) is 34.6 Å². The molecule has 0 aliphatic carbocycles. The van der Waals surface area contributed by atoms with Gasteiger partial charge in [-0.2, -0.15) is 13.2 Å². The summed E-state index contributed by atoms with van der Waals surface area (Å²) in [5.41, 5.74) is -0.545. The van der Waals surface area contributed by atoms with Crippen LogP contribution in [0.1, 0.15) is 41.0 Å². The molecule has 0 aromatic carbocycles. The largest absolute Gasteiger partial charge is 0.444 e. The number of amides is 1. The molecule has 2 atom stereocenters. The molecule has 0 spiro atoms. The first-order valence-corrected chi connectivity index (χ1v) is 10.1. The highest BCUT2D eigenvalue weighted by Crippen LogP contribution is 2.20. The Kier molecular flexibility index (Phi) is 12.4. The highest BCUT2D eigenvalue weighted by molar-refractivity contribution is 14.0. The summed E-state index contributed by atoms with van der Waals surface area (Å²) in [5.74, 6) is 0.673. The van der Waals surface area contributed by atoms with Gasteiger partial charge in [0.2, 0.25) is 0 Å². The highest BCUT2D eigenvalue weighted by atomic mass is 127. The number of likely N-dealkylation sites (tertiary alicyclic amines) is 1. The zero-order valence-corrected chi connectivity index (χ0v) is 21.1. The van der Waals surface area contributed by atoms with Gasteiger partial charge in [-0.15, -0.1) is 24.0 Å². The fourth-order valence-electron chi connectivity index (χ4n) is 3.05. The highest BCUT2D eigenvalue weighted by Gasteiger charge is 2.34. The van der Waals surface area contributed by atoms with Gasteiger partial charge in [-0.05, 0) is 40.0 Å². The molecule has 2 unspecified atom stereocenters. The van der Waals surface area contributed by atoms with Crippen LogP contribution in [0, 0.1) is 5.92 Å². The number of aliphatic imine (C=N–C) groups is 1. The number of hydrogen-bond acceptors (Lipinski definition) is 4. The van der Waals surface area contributed by atoms with Crippen molar-refractivity contribution >= 4 is 36.0 Å². The zero-order chi connectivity index (χ0) is 22.2. The van der Waals surface area contributed by atoms with Crippen LogP contribution < -0.4 is 10.6 Å². The Morgan fingerprint density at radius 3 is 2.50 bits per heavy atom. The number of guanidine groups is 1. The molecular formula is C19H37F3IN5O2. The molecule has 1 fully saturated rings. The van der Waals surface area contributed by atoms with E-state index in [-0.39, 0.29) is 42.0 Å². The minimum absolute atomic E-state index is 0. The Balaban J connectivity index is 0.00000841. The van der Waals surface area contributed by atoms with E-state index in [0.717, 1.165) is 0 Å². The minimum atomic E-state index is -4.18. The summed E-state index contributed by atoms with van der Waals surface area (Å²) in [6.45, 7) is 10.8. The molecule has 0 radical (unpaired) electrons. The van der Waals surface area contributed by atoms with Crippen LogP contribution in [0.3, 0.4) is 0 Å². The first-order valence-electron chi connectivity index (χ1n) is 10.1. The van der Waals surface area contributed by atoms with Gasteiger partial charge in [0, 0.05) is 45.8 Å². The van der Waals surface area contributed by atoms with Crippen molar-refractivity contribution in [1.29, 1.82) is 0 Å². The Morgan fingerprint density at radius 1 is 1.33 bits per heavy atom. The maximum Gasteiger partial charge on any atom is 0.410 e. The summed E-state index contributed by atoms with van der Waals surface area (Å²) in [6, 6.07) is -0.0742. The second kappa shape index (κ2) is 12.8. The number of nitrogens with one attached hydrogen (secondary N) is 2. The fraction of sp³-hybridized carbons (Fsp3) is 0.895. The normalized spacial score (nSPS) is 19.1. The lowest BCUT2D eigenvalue weighted by atomic mass is 10.2. The van der Waals surface area contributed by atoms with Crippen LogP contribution in [0.5, 0.6) is 0 Å². The second-order valence-corrected chi connectivity index (χ2v) is 8.67. The van der Waals surface area contributed by atoms with Gasteiger partial charge in [0.1, 0.15) is 5.60 Å². The van der Waals surface area contributed by atoms with Crippen molar-refractivity contribution in [3.05, 3.63) is 0 Å². The van der Waals surface area contributed by atoms with Gasteiger partial charge >= 0.3 is 12.3 Å². The van der Waals surface area contributed by atoms with Crippen molar-refractivity contribution in [1.82, 2.24) is 20.4 Å². The lowest BCUT2D eigenvalue weighted by Crippen LogP contribution is -2.45. The first kappa shape index (κ1) is 29.0. The Bertz CT molecular complexity index is 555. The van der Waals surface area contributed by atoms with Crippen LogP contribution in [0.4, 0.5) is 18.0 Å². The van der Waals surface area contributed by atoms with Crippen LogP contribution in [-0.4, -0.2) is 86.0 Å². The molecule has 30 heavy (non-hydrogen) atoms. The molecule has 0 bridgehead atoms. The number of nitrogens with zero attached hydrogens (tertiary/aromatic N) is 3. The van der Waals surface area contributed by atoms with Crippen molar-refractivity contribution in [3.8, 4) is 0 Å². The molecule has 178 valence electrons. The molecule has 1 heterocycles. The zero-order valence-electron chi connectivity index (χ0n) is 18.8. The fourth-order valence-corrected chi connectivity index (χ4v) is 3.05. The third kappa shape index (κ3) is 12.7. The Labute approximate surface area is 195 Å². The van der Waals surface area contributed by atoms with E-state index in [4.69, 9.17) is 4.74 Å². The van der Waals surface area contributed by atoms with Gasteiger partial charge in [-0.3, -0.25) is 9.89 Å². The Morgan fingerprint density at radius 2 is 1.97 bits per heavy atom. The molecule has 1 saturated heterocycles. The van der Waals surface area contributed by atoms with Gasteiger partial charge in [0.25, 0.3) is 0 Å². The standard InChI is InChI=1S/C19H36F3N5O2.HI/c1-7-23-16(25-15-8-9-27(12-15)13-19(20,21)22)24-10-14(2)11-26(6)17(28)29-18(3,4)5;/h14-15H,7-13H2,1-6H3,(H2,23,24,25);1H. The van der Waals surface area contributed by atoms with Crippen molar-refractivity contribution in [2.75, 3.05) is 46.3 Å². The maximum absolute atomic E-state index is 12.5. The lowest BCUT2D eigenvalue weighted by molar-refractivity contribution is -0.143. The molecule has 1 aliphatic rings. The first-order chi connectivity index (χ1) is 13.3. The third-order valence-corrected chi connectivity index (χ3v) is 4.21. The molecule has 2 N–H and O–H groups in total. The topological polar surface area (TPSA) is 69.2 Å². The number of carbonyl (C=O) groups excluding carboxylic acids is 1. The van der Waals surface area contributed by atoms with Gasteiger partial charge in [0.15, 0.2) is 5.96 Å². The third-order valence-electron chi connectivity index (χ3n) is 4.21. The predicted octanol–water partition coefficient (Wildman–Crippen LogP) is 3.30. The summed E-state index contributed by atoms with van der Waals surface area (Å²) in [7, 11) is 1.69. The monoisotopic (exact) mass is 551 g/mol. The maximum atomic E-state index is 12.5. The van der Waals surface area contributed by atoms with Gasteiger partial charge in [-0.1, -0.05) is 6.92 Å². The van der Waals surface area contributed by atoms with Crippen molar-refractivity contribution in [2.24, 2.45) is 10.9 Å². The number of ether oxygens (including phenoxy) is 1. The number of rotatable bonds is 7. The van der Waals surface area contributed by atoms with E-state index < -0.39 is 18.3 Å². The number of carbonyl (C=O) groups is 1. The van der Waals surface area contributed by atoms with Crippen LogP contribution >= 0.6 is 24.0 Å². The SMILES string of the molecule is CCNC(=NCC(C)CN(C)C(=O)OC(C)(C)C)NC1CCN(CC(F)(F)F)C1.I. The summed E-state index contributed by atoms with van der Waals surface area (Å²) in [5, 5.41) is 6.35. The predicted molar refractivity (Wildman–Crippen MR) is 123 cm³/mol. The lowest BCUT2D eigenvalue weighted by Gasteiger charge is -2.26. The number of hydrogen-bond donors (Lipinski definition) is 2. The molecule has 1 amide bonds. The molecular weight excluding hydrogens is 514 g/mol. The molecule has 11 heteroatoms. The van der Waals surface area contributed by atoms with Crippen molar-refractivity contribution in [3.63, 3.8) is 0 Å². The number of alkyl halides is 3. The van der Waals surface area contributed by atoms with E-state index in [2.05, 4.69) is 15.6 Å². The van der Waals surface area contributed by atoms with Gasteiger partial charge < -0.3 is 20.3 Å². The van der Waals surface area contributed by atoms with Crippen molar-refractivity contribution < 1.29 is 22.7 Å². The average Bonchev–Trinajstić information content (AvgIpc) is 2.96. The van der Waals surface area contributed by atoms with Crippen LogP contribution in [0.15, 0.2) is 4.99 Å². The van der Waals surface area contributed by atoms with E-state index in [1.165, 1.54) is 9.80 Å².